The van der Waals surface area contributed by atoms with Gasteiger partial charge in [0.15, 0.2) is 0 Å². The van der Waals surface area contributed by atoms with Crippen molar-refractivity contribution in [2.75, 3.05) is 0 Å². The van der Waals surface area contributed by atoms with Crippen LogP contribution in [0.2, 0.25) is 0 Å². The Morgan fingerprint density at radius 2 is 1.61 bits per heavy atom. The second kappa shape index (κ2) is 6.16. The summed E-state index contributed by atoms with van der Waals surface area (Å²) in [6, 6.07) is 10.2. The number of aromatic nitrogens is 1. The molecule has 2 aromatic rings. The zero-order chi connectivity index (χ0) is 17.4. The number of carbonyl (C=O) groups excluding carboxylic acids is 1. The Balaban J connectivity index is 2.39. The van der Waals surface area contributed by atoms with E-state index in [1.54, 1.807) is 10.8 Å². The van der Waals surface area contributed by atoms with E-state index in [0.717, 1.165) is 15.7 Å². The van der Waals surface area contributed by atoms with E-state index in [9.17, 15) is 4.79 Å². The van der Waals surface area contributed by atoms with E-state index in [-0.39, 0.29) is 11.5 Å². The fourth-order valence-corrected chi connectivity index (χ4v) is 2.68. The minimum Gasteiger partial charge on any atom is -0.443 e. The molecule has 23 heavy (non-hydrogen) atoms. The molecule has 0 bridgehead atoms. The molecule has 0 saturated carbocycles. The molecule has 0 saturated heterocycles. The third-order valence-electron chi connectivity index (χ3n) is 3.42. The molecule has 0 unspecified atom stereocenters. The number of carbonyl (C=O) groups is 1. The average molecular weight is 378 g/mol. The summed E-state index contributed by atoms with van der Waals surface area (Å²) in [6.07, 6.45) is 1.36. The zero-order valence-corrected chi connectivity index (χ0v) is 16.2. The summed E-state index contributed by atoms with van der Waals surface area (Å²) >= 11 is 3.45. The Bertz CT molecular complexity index is 700. The highest BCUT2D eigenvalue weighted by Gasteiger charge is 2.21. The fraction of sp³-hybridized carbons (Fsp3) is 0.421. The van der Waals surface area contributed by atoms with E-state index in [2.05, 4.69) is 48.8 Å². The van der Waals surface area contributed by atoms with E-state index < -0.39 is 5.60 Å². The number of hydrogen-bond acceptors (Lipinski definition) is 2. The first kappa shape index (κ1) is 17.8. The predicted octanol–water partition coefficient (Wildman–Crippen LogP) is 6.00. The Morgan fingerprint density at radius 3 is 2.09 bits per heavy atom. The topological polar surface area (TPSA) is 31.2 Å². The van der Waals surface area contributed by atoms with Gasteiger partial charge in [0.1, 0.15) is 5.60 Å². The Kier molecular flexibility index (Phi) is 4.76. The maximum atomic E-state index is 12.4. The third-order valence-corrected chi connectivity index (χ3v) is 3.86. The minimum absolute atomic E-state index is 0.103. The number of benzene rings is 1. The highest BCUT2D eigenvalue weighted by Crippen LogP contribution is 2.29. The molecule has 1 aromatic carbocycles. The van der Waals surface area contributed by atoms with Gasteiger partial charge in [-0.05, 0) is 59.3 Å². The van der Waals surface area contributed by atoms with Gasteiger partial charge in [0, 0.05) is 10.7 Å². The van der Waals surface area contributed by atoms with Crippen LogP contribution < -0.4 is 0 Å². The van der Waals surface area contributed by atoms with Crippen molar-refractivity contribution in [2.45, 2.75) is 52.6 Å². The molecule has 0 aliphatic rings. The lowest BCUT2D eigenvalue weighted by molar-refractivity contribution is 0.0540. The van der Waals surface area contributed by atoms with Gasteiger partial charge in [-0.1, -0.05) is 45.0 Å². The minimum atomic E-state index is -0.527. The van der Waals surface area contributed by atoms with Crippen LogP contribution in [0, 0.1) is 0 Å². The van der Waals surface area contributed by atoms with Crippen LogP contribution in [0.15, 0.2) is 41.0 Å². The standard InChI is InChI=1S/C19H24BrNO2/c1-18(2,3)14-9-7-13(8-10-14)16-11-15(20)12-21(16)17(22)23-19(4,5)6/h7-12H,1-6H3. The second-order valence-corrected chi connectivity index (χ2v) is 8.64. The quantitative estimate of drug-likeness (QED) is 0.610. The van der Waals surface area contributed by atoms with Crippen LogP contribution >= 0.6 is 15.9 Å². The molecular weight excluding hydrogens is 354 g/mol. The van der Waals surface area contributed by atoms with Crippen molar-refractivity contribution >= 4 is 22.0 Å². The van der Waals surface area contributed by atoms with Gasteiger partial charge in [0.2, 0.25) is 0 Å². The van der Waals surface area contributed by atoms with Gasteiger partial charge >= 0.3 is 6.09 Å². The van der Waals surface area contributed by atoms with Crippen molar-refractivity contribution in [1.29, 1.82) is 0 Å². The summed E-state index contributed by atoms with van der Waals surface area (Å²) in [5.41, 5.74) is 2.63. The van der Waals surface area contributed by atoms with Crippen molar-refractivity contribution in [2.24, 2.45) is 0 Å². The van der Waals surface area contributed by atoms with Crippen LogP contribution in [0.1, 0.15) is 47.1 Å². The lowest BCUT2D eigenvalue weighted by Crippen LogP contribution is -2.27. The maximum absolute atomic E-state index is 12.4. The van der Waals surface area contributed by atoms with Crippen LogP contribution in [0.5, 0.6) is 0 Å². The summed E-state index contributed by atoms with van der Waals surface area (Å²) in [4.78, 5) is 12.4. The molecule has 2 rings (SSSR count). The van der Waals surface area contributed by atoms with E-state index in [0.29, 0.717) is 0 Å². The van der Waals surface area contributed by atoms with Crippen molar-refractivity contribution in [3.05, 3.63) is 46.6 Å². The van der Waals surface area contributed by atoms with E-state index in [1.807, 2.05) is 39.0 Å². The van der Waals surface area contributed by atoms with Gasteiger partial charge in [0.05, 0.1) is 5.69 Å². The molecule has 1 aromatic heterocycles. The van der Waals surface area contributed by atoms with Gasteiger partial charge in [-0.2, -0.15) is 0 Å². The molecule has 3 nitrogen and oxygen atoms in total. The monoisotopic (exact) mass is 377 g/mol. The Labute approximate surface area is 146 Å². The zero-order valence-electron chi connectivity index (χ0n) is 14.6. The molecule has 0 N–H and O–H groups in total. The smallest absolute Gasteiger partial charge is 0.419 e. The highest BCUT2D eigenvalue weighted by atomic mass is 79.9. The summed E-state index contributed by atoms with van der Waals surface area (Å²) in [6.45, 7) is 12.1. The molecular formula is C19H24BrNO2. The maximum Gasteiger partial charge on any atom is 0.419 e. The van der Waals surface area contributed by atoms with Gasteiger partial charge in [0.25, 0.3) is 0 Å². The molecule has 0 radical (unpaired) electrons. The normalized spacial score (nSPS) is 12.3. The first-order valence-corrected chi connectivity index (χ1v) is 8.49. The highest BCUT2D eigenvalue weighted by molar-refractivity contribution is 9.10. The average Bonchev–Trinajstić information content (AvgIpc) is 2.78. The summed E-state index contributed by atoms with van der Waals surface area (Å²) in [5, 5.41) is 0. The Morgan fingerprint density at radius 1 is 1.04 bits per heavy atom. The van der Waals surface area contributed by atoms with Crippen LogP contribution in [0.3, 0.4) is 0 Å². The van der Waals surface area contributed by atoms with Crippen LogP contribution in [0.4, 0.5) is 4.79 Å². The first-order chi connectivity index (χ1) is 10.5. The van der Waals surface area contributed by atoms with Crippen LogP contribution in [0.25, 0.3) is 11.3 Å². The molecule has 0 aliphatic carbocycles. The largest absolute Gasteiger partial charge is 0.443 e. The van der Waals surface area contributed by atoms with Crippen molar-refractivity contribution < 1.29 is 9.53 Å². The lowest BCUT2D eigenvalue weighted by atomic mass is 9.86. The number of nitrogens with zero attached hydrogens (tertiary/aromatic N) is 1. The van der Waals surface area contributed by atoms with Gasteiger partial charge in [-0.25, -0.2) is 4.79 Å². The lowest BCUT2D eigenvalue weighted by Gasteiger charge is -2.21. The molecule has 0 atom stereocenters. The van der Waals surface area contributed by atoms with E-state index in [1.165, 1.54) is 5.56 Å². The number of rotatable bonds is 1. The molecule has 0 spiro atoms. The molecule has 1 heterocycles. The van der Waals surface area contributed by atoms with Gasteiger partial charge in [-0.15, -0.1) is 0 Å². The van der Waals surface area contributed by atoms with Gasteiger partial charge in [-0.3, -0.25) is 4.57 Å². The molecule has 4 heteroatoms. The first-order valence-electron chi connectivity index (χ1n) is 7.69. The molecule has 0 amide bonds. The van der Waals surface area contributed by atoms with Crippen molar-refractivity contribution in [3.8, 4) is 11.3 Å². The number of ether oxygens (including phenoxy) is 1. The fourth-order valence-electron chi connectivity index (χ4n) is 2.26. The van der Waals surface area contributed by atoms with Crippen LogP contribution in [-0.2, 0) is 10.2 Å². The van der Waals surface area contributed by atoms with Crippen LogP contribution in [-0.4, -0.2) is 16.3 Å². The summed E-state index contributed by atoms with van der Waals surface area (Å²) in [5.74, 6) is 0. The number of hydrogen-bond donors (Lipinski definition) is 0. The molecule has 0 aliphatic heterocycles. The second-order valence-electron chi connectivity index (χ2n) is 7.72. The van der Waals surface area contributed by atoms with Gasteiger partial charge < -0.3 is 4.74 Å². The summed E-state index contributed by atoms with van der Waals surface area (Å²) < 4.78 is 7.87. The molecule has 0 fully saturated rings. The SMILES string of the molecule is CC(C)(C)OC(=O)n1cc(Br)cc1-c1ccc(C(C)(C)C)cc1. The third kappa shape index (κ3) is 4.47. The van der Waals surface area contributed by atoms with Crippen molar-refractivity contribution in [1.82, 2.24) is 4.57 Å². The predicted molar refractivity (Wildman–Crippen MR) is 97.9 cm³/mol. The number of halogens is 1. The van der Waals surface area contributed by atoms with E-state index >= 15 is 0 Å². The van der Waals surface area contributed by atoms with Crippen molar-refractivity contribution in [3.63, 3.8) is 0 Å². The summed E-state index contributed by atoms with van der Waals surface area (Å²) in [7, 11) is 0. The molecule has 124 valence electrons. The van der Waals surface area contributed by atoms with E-state index in [4.69, 9.17) is 4.74 Å². The Hall–Kier alpha value is -1.55.